The van der Waals surface area contributed by atoms with E-state index < -0.39 is 0 Å². The highest BCUT2D eigenvalue weighted by atomic mass is 14.9. The molecule has 21 heavy (non-hydrogen) atoms. The van der Waals surface area contributed by atoms with Crippen molar-refractivity contribution in [3.8, 4) is 0 Å². The molecule has 0 spiro atoms. The first kappa shape index (κ1) is 15.1. The average Bonchev–Trinajstić information content (AvgIpc) is 3.15. The van der Waals surface area contributed by atoms with Crippen LogP contribution in [0.2, 0.25) is 0 Å². The third-order valence-corrected chi connectivity index (χ3v) is 6.31. The number of hydrogen-bond acceptors (Lipinski definition) is 1. The van der Waals surface area contributed by atoms with Gasteiger partial charge in [0.1, 0.15) is 0 Å². The molecule has 1 aromatic carbocycles. The summed E-state index contributed by atoms with van der Waals surface area (Å²) >= 11 is 0. The minimum Gasteiger partial charge on any atom is -0.316 e. The van der Waals surface area contributed by atoms with Gasteiger partial charge in [-0.1, -0.05) is 50.6 Å². The molecule has 2 fully saturated rings. The molecule has 0 heterocycles. The van der Waals surface area contributed by atoms with Gasteiger partial charge in [0.15, 0.2) is 0 Å². The van der Waals surface area contributed by atoms with E-state index in [1.807, 2.05) is 0 Å². The van der Waals surface area contributed by atoms with Gasteiger partial charge in [0.05, 0.1) is 0 Å². The van der Waals surface area contributed by atoms with Crippen LogP contribution in [-0.2, 0) is 5.41 Å². The second kappa shape index (κ2) is 6.52. The molecule has 2 bridgehead atoms. The lowest BCUT2D eigenvalue weighted by molar-refractivity contribution is 0.227. The molecular formula is C20H31N. The zero-order valence-electron chi connectivity index (χ0n) is 13.8. The molecule has 0 saturated heterocycles. The molecule has 2 saturated carbocycles. The Morgan fingerprint density at radius 1 is 1.10 bits per heavy atom. The number of likely N-dealkylation sites (N-methyl/N-ethyl adjacent to an activating group) is 1. The summed E-state index contributed by atoms with van der Waals surface area (Å²) in [5.74, 6) is 3.07. The molecule has 3 rings (SSSR count). The molecule has 4 atom stereocenters. The summed E-state index contributed by atoms with van der Waals surface area (Å²) < 4.78 is 0. The molecule has 0 aromatic heterocycles. The van der Waals surface area contributed by atoms with Crippen molar-refractivity contribution in [2.75, 3.05) is 13.1 Å². The van der Waals surface area contributed by atoms with E-state index in [0.29, 0.717) is 5.41 Å². The second-order valence-electron chi connectivity index (χ2n) is 7.42. The third kappa shape index (κ3) is 3.04. The number of nitrogens with one attached hydrogen (secondary N) is 1. The van der Waals surface area contributed by atoms with Gasteiger partial charge in [-0.25, -0.2) is 0 Å². The maximum absolute atomic E-state index is 3.66. The number of rotatable bonds is 7. The smallest absolute Gasteiger partial charge is 0.00779 e. The predicted molar refractivity (Wildman–Crippen MR) is 90.5 cm³/mol. The van der Waals surface area contributed by atoms with Crippen molar-refractivity contribution in [1.29, 1.82) is 0 Å². The minimum absolute atomic E-state index is 0.340. The van der Waals surface area contributed by atoms with Crippen LogP contribution in [0.3, 0.4) is 0 Å². The lowest BCUT2D eigenvalue weighted by Gasteiger charge is -2.38. The highest BCUT2D eigenvalue weighted by Gasteiger charge is 2.43. The van der Waals surface area contributed by atoms with Gasteiger partial charge in [-0.15, -0.1) is 0 Å². The second-order valence-corrected chi connectivity index (χ2v) is 7.42. The lowest BCUT2D eigenvalue weighted by Crippen LogP contribution is -2.40. The first-order valence-corrected chi connectivity index (χ1v) is 9.03. The standard InChI is InChI=1S/C20H31N/c1-3-20(15-21-4-2,19-8-6-5-7-9-19)14-18-13-16-10-11-17(18)12-16/h5-9,16-18,21H,3-4,10-15H2,1-2H3. The Hall–Kier alpha value is -0.820. The molecule has 0 radical (unpaired) electrons. The Morgan fingerprint density at radius 2 is 1.90 bits per heavy atom. The number of fused-ring (bicyclic) bond motifs is 2. The maximum Gasteiger partial charge on any atom is 0.00779 e. The third-order valence-electron chi connectivity index (χ3n) is 6.31. The highest BCUT2D eigenvalue weighted by Crippen LogP contribution is 2.52. The van der Waals surface area contributed by atoms with Gasteiger partial charge in [0, 0.05) is 12.0 Å². The molecule has 2 aliphatic carbocycles. The van der Waals surface area contributed by atoms with Gasteiger partial charge < -0.3 is 5.32 Å². The van der Waals surface area contributed by atoms with Crippen LogP contribution < -0.4 is 5.32 Å². The first-order chi connectivity index (χ1) is 10.3. The van der Waals surface area contributed by atoms with Crippen molar-refractivity contribution in [3.63, 3.8) is 0 Å². The Balaban J connectivity index is 1.81. The van der Waals surface area contributed by atoms with Crippen LogP contribution in [0.25, 0.3) is 0 Å². The molecule has 1 heteroatoms. The fourth-order valence-corrected chi connectivity index (χ4v) is 5.05. The van der Waals surface area contributed by atoms with Gasteiger partial charge in [-0.2, -0.15) is 0 Å². The Kier molecular flexibility index (Phi) is 4.69. The summed E-state index contributed by atoms with van der Waals surface area (Å²) in [5.41, 5.74) is 1.89. The van der Waals surface area contributed by atoms with Crippen LogP contribution in [0.4, 0.5) is 0 Å². The van der Waals surface area contributed by atoms with Crippen molar-refractivity contribution in [3.05, 3.63) is 35.9 Å². The van der Waals surface area contributed by atoms with E-state index >= 15 is 0 Å². The summed E-state index contributed by atoms with van der Waals surface area (Å²) in [6.07, 6.45) is 8.69. The topological polar surface area (TPSA) is 12.0 Å². The summed E-state index contributed by atoms with van der Waals surface area (Å²) in [4.78, 5) is 0. The van der Waals surface area contributed by atoms with Gasteiger partial charge in [-0.3, -0.25) is 0 Å². The molecule has 1 nitrogen and oxygen atoms in total. The van der Waals surface area contributed by atoms with Crippen LogP contribution in [0.5, 0.6) is 0 Å². The molecule has 1 N–H and O–H groups in total. The maximum atomic E-state index is 3.66. The average molecular weight is 285 g/mol. The SMILES string of the molecule is CCNCC(CC)(CC1CC2CCC1C2)c1ccccc1. The van der Waals surface area contributed by atoms with E-state index in [1.54, 1.807) is 5.56 Å². The van der Waals surface area contributed by atoms with Crippen molar-refractivity contribution in [2.24, 2.45) is 17.8 Å². The Morgan fingerprint density at radius 3 is 2.48 bits per heavy atom. The fraction of sp³-hybridized carbons (Fsp3) is 0.700. The Bertz CT molecular complexity index is 440. The summed E-state index contributed by atoms with van der Waals surface area (Å²) in [7, 11) is 0. The van der Waals surface area contributed by atoms with Gasteiger partial charge in [0.2, 0.25) is 0 Å². The van der Waals surface area contributed by atoms with Crippen LogP contribution in [0.15, 0.2) is 30.3 Å². The minimum atomic E-state index is 0.340. The first-order valence-electron chi connectivity index (χ1n) is 9.03. The zero-order chi connectivity index (χ0) is 14.7. The molecule has 116 valence electrons. The van der Waals surface area contributed by atoms with Crippen molar-refractivity contribution < 1.29 is 0 Å². The summed E-state index contributed by atoms with van der Waals surface area (Å²) in [5, 5.41) is 3.66. The number of benzene rings is 1. The quantitative estimate of drug-likeness (QED) is 0.761. The molecule has 0 aliphatic heterocycles. The predicted octanol–water partition coefficient (Wildman–Crippen LogP) is 4.77. The van der Waals surface area contributed by atoms with E-state index in [0.717, 1.165) is 30.8 Å². The fourth-order valence-electron chi connectivity index (χ4n) is 5.05. The molecule has 2 aliphatic rings. The monoisotopic (exact) mass is 285 g/mol. The molecule has 4 unspecified atom stereocenters. The van der Waals surface area contributed by atoms with E-state index in [4.69, 9.17) is 0 Å². The van der Waals surface area contributed by atoms with E-state index in [-0.39, 0.29) is 0 Å². The van der Waals surface area contributed by atoms with Crippen LogP contribution in [0.1, 0.15) is 57.9 Å². The molecule has 0 amide bonds. The lowest BCUT2D eigenvalue weighted by atomic mass is 9.68. The largest absolute Gasteiger partial charge is 0.316 e. The normalized spacial score (nSPS) is 30.5. The zero-order valence-corrected chi connectivity index (χ0v) is 13.8. The van der Waals surface area contributed by atoms with Crippen molar-refractivity contribution in [2.45, 2.75) is 57.8 Å². The number of hydrogen-bond donors (Lipinski definition) is 1. The van der Waals surface area contributed by atoms with Gasteiger partial charge >= 0.3 is 0 Å². The van der Waals surface area contributed by atoms with E-state index in [1.165, 1.54) is 38.5 Å². The van der Waals surface area contributed by atoms with Crippen LogP contribution in [-0.4, -0.2) is 13.1 Å². The van der Waals surface area contributed by atoms with Crippen molar-refractivity contribution >= 4 is 0 Å². The van der Waals surface area contributed by atoms with Crippen LogP contribution >= 0.6 is 0 Å². The highest BCUT2D eigenvalue weighted by molar-refractivity contribution is 5.26. The summed E-state index contributed by atoms with van der Waals surface area (Å²) in [6.45, 7) is 6.82. The van der Waals surface area contributed by atoms with Crippen molar-refractivity contribution in [1.82, 2.24) is 5.32 Å². The van der Waals surface area contributed by atoms with E-state index in [9.17, 15) is 0 Å². The van der Waals surface area contributed by atoms with Crippen LogP contribution in [0, 0.1) is 17.8 Å². The Labute approximate surface area is 130 Å². The van der Waals surface area contributed by atoms with E-state index in [2.05, 4.69) is 49.5 Å². The molecule has 1 aromatic rings. The van der Waals surface area contributed by atoms with Gasteiger partial charge in [0.25, 0.3) is 0 Å². The molecular weight excluding hydrogens is 254 g/mol. The van der Waals surface area contributed by atoms with Gasteiger partial charge in [-0.05, 0) is 62.0 Å². The summed E-state index contributed by atoms with van der Waals surface area (Å²) in [6, 6.07) is 11.3.